The van der Waals surface area contributed by atoms with Gasteiger partial charge in [0.05, 0.1) is 7.11 Å². The number of benzene rings is 1. The molecule has 2 fully saturated rings. The highest BCUT2D eigenvalue weighted by Crippen LogP contribution is 2.28. The minimum Gasteiger partial charge on any atom is -0.496 e. The van der Waals surface area contributed by atoms with Crippen LogP contribution in [0.1, 0.15) is 22.3 Å². The van der Waals surface area contributed by atoms with Gasteiger partial charge in [0.1, 0.15) is 5.75 Å². The van der Waals surface area contributed by atoms with E-state index in [0.717, 1.165) is 44.0 Å². The Hall–Kier alpha value is -1.63. The summed E-state index contributed by atoms with van der Waals surface area (Å²) in [5.74, 6) is 1.26. The van der Waals surface area contributed by atoms with Gasteiger partial charge in [-0.1, -0.05) is 6.07 Å². The van der Waals surface area contributed by atoms with Crippen LogP contribution in [0.2, 0.25) is 0 Å². The average molecular weight is 376 g/mol. The Bertz CT molecular complexity index is 652. The molecule has 0 aliphatic carbocycles. The number of nitrogens with zero attached hydrogens (tertiary/aromatic N) is 3. The first-order valence-corrected chi connectivity index (χ1v) is 9.98. The second-order valence-electron chi connectivity index (χ2n) is 8.00. The van der Waals surface area contributed by atoms with Crippen LogP contribution in [0.3, 0.4) is 0 Å². The number of amides is 1. The van der Waals surface area contributed by atoms with Crippen LogP contribution in [0.4, 0.5) is 0 Å². The number of hydrogen-bond acceptors (Lipinski definition) is 5. The Balaban J connectivity index is 1.67. The highest BCUT2D eigenvalue weighted by atomic mass is 16.5. The minimum atomic E-state index is 0.0444. The molecule has 2 aliphatic rings. The molecule has 1 aromatic rings. The fourth-order valence-corrected chi connectivity index (χ4v) is 4.37. The molecule has 150 valence electrons. The number of carbonyl (C=O) groups excluding carboxylic acids is 1. The number of hydrogen-bond donors (Lipinski definition) is 1. The van der Waals surface area contributed by atoms with Crippen LogP contribution in [0.25, 0.3) is 0 Å². The van der Waals surface area contributed by atoms with Gasteiger partial charge in [0.2, 0.25) is 0 Å². The van der Waals surface area contributed by atoms with Crippen LogP contribution in [-0.2, 0) is 0 Å². The lowest BCUT2D eigenvalue weighted by Gasteiger charge is -2.26. The van der Waals surface area contributed by atoms with Gasteiger partial charge in [-0.05, 0) is 51.5 Å². The largest absolute Gasteiger partial charge is 0.496 e. The fourth-order valence-electron chi connectivity index (χ4n) is 4.37. The Morgan fingerprint density at radius 1 is 1.19 bits per heavy atom. The molecule has 6 heteroatoms. The lowest BCUT2D eigenvalue weighted by molar-refractivity contribution is 0.0778. The van der Waals surface area contributed by atoms with E-state index in [2.05, 4.69) is 16.8 Å². The normalized spacial score (nSPS) is 24.8. The number of ether oxygens (including phenoxy) is 1. The summed E-state index contributed by atoms with van der Waals surface area (Å²) in [6.07, 6.45) is 1.18. The first-order chi connectivity index (χ1) is 13.0. The molecule has 2 saturated heterocycles. The first-order valence-electron chi connectivity index (χ1n) is 9.98. The number of likely N-dealkylation sites (N-methyl/N-ethyl adjacent to an activating group) is 1. The number of aliphatic hydroxyl groups is 1. The minimum absolute atomic E-state index is 0.0444. The van der Waals surface area contributed by atoms with Crippen molar-refractivity contribution < 1.29 is 14.6 Å². The van der Waals surface area contributed by atoms with Crippen molar-refractivity contribution >= 4 is 5.91 Å². The molecule has 0 spiro atoms. The maximum absolute atomic E-state index is 13.1. The van der Waals surface area contributed by atoms with E-state index >= 15 is 0 Å². The first kappa shape index (κ1) is 20.1. The summed E-state index contributed by atoms with van der Waals surface area (Å²) >= 11 is 0. The van der Waals surface area contributed by atoms with Crippen LogP contribution in [0.5, 0.6) is 5.75 Å². The SMILES string of the molecule is COc1cccc(C(=O)N2C[C@@H](CN3CCCN(C)CC3)[C@@H](CO)C2)c1C. The van der Waals surface area contributed by atoms with Crippen molar-refractivity contribution in [2.24, 2.45) is 11.8 Å². The lowest BCUT2D eigenvalue weighted by atomic mass is 9.96. The van der Waals surface area contributed by atoms with E-state index in [9.17, 15) is 9.90 Å². The summed E-state index contributed by atoms with van der Waals surface area (Å²) < 4.78 is 5.36. The van der Waals surface area contributed by atoms with E-state index < -0.39 is 0 Å². The van der Waals surface area contributed by atoms with Crippen LogP contribution in [0, 0.1) is 18.8 Å². The van der Waals surface area contributed by atoms with Crippen LogP contribution in [0.15, 0.2) is 18.2 Å². The van der Waals surface area contributed by atoms with Gasteiger partial charge in [-0.25, -0.2) is 0 Å². The monoisotopic (exact) mass is 375 g/mol. The Morgan fingerprint density at radius 3 is 2.70 bits per heavy atom. The smallest absolute Gasteiger partial charge is 0.254 e. The van der Waals surface area contributed by atoms with Gasteiger partial charge in [0.15, 0.2) is 0 Å². The molecule has 2 aliphatic heterocycles. The zero-order chi connectivity index (χ0) is 19.4. The maximum atomic E-state index is 13.1. The Labute approximate surface area is 162 Å². The van der Waals surface area contributed by atoms with Gasteiger partial charge in [-0.3, -0.25) is 4.79 Å². The van der Waals surface area contributed by atoms with E-state index in [1.807, 2.05) is 30.0 Å². The molecule has 2 heterocycles. The molecule has 2 atom stereocenters. The number of aliphatic hydroxyl groups excluding tert-OH is 1. The van der Waals surface area contributed by atoms with Gasteiger partial charge < -0.3 is 24.5 Å². The summed E-state index contributed by atoms with van der Waals surface area (Å²) in [7, 11) is 3.80. The van der Waals surface area contributed by atoms with E-state index in [1.165, 1.54) is 6.42 Å². The van der Waals surface area contributed by atoms with E-state index in [1.54, 1.807) is 7.11 Å². The molecule has 0 bridgehead atoms. The molecule has 3 rings (SSSR count). The molecule has 1 aromatic carbocycles. The van der Waals surface area contributed by atoms with Crippen LogP contribution >= 0.6 is 0 Å². The predicted molar refractivity (Wildman–Crippen MR) is 106 cm³/mol. The molecule has 0 unspecified atom stereocenters. The average Bonchev–Trinajstić information content (AvgIpc) is 2.97. The highest BCUT2D eigenvalue weighted by Gasteiger charge is 2.36. The summed E-state index contributed by atoms with van der Waals surface area (Å²) in [6, 6.07) is 5.61. The molecular weight excluding hydrogens is 342 g/mol. The molecule has 1 N–H and O–H groups in total. The van der Waals surface area contributed by atoms with Crippen molar-refractivity contribution in [2.45, 2.75) is 13.3 Å². The van der Waals surface area contributed by atoms with Crippen molar-refractivity contribution in [1.29, 1.82) is 0 Å². The number of likely N-dealkylation sites (tertiary alicyclic amines) is 1. The molecule has 27 heavy (non-hydrogen) atoms. The summed E-state index contributed by atoms with van der Waals surface area (Å²) in [6.45, 7) is 8.76. The van der Waals surface area contributed by atoms with E-state index in [0.29, 0.717) is 24.6 Å². The quantitative estimate of drug-likeness (QED) is 0.841. The molecule has 0 aromatic heterocycles. The van der Waals surface area contributed by atoms with Gasteiger partial charge >= 0.3 is 0 Å². The Morgan fingerprint density at radius 2 is 1.96 bits per heavy atom. The fraction of sp³-hybridized carbons (Fsp3) is 0.667. The number of rotatable bonds is 5. The van der Waals surface area contributed by atoms with Crippen LogP contribution in [-0.4, -0.2) is 92.3 Å². The molecular formula is C21H33N3O3. The van der Waals surface area contributed by atoms with Gasteiger partial charge in [0, 0.05) is 56.4 Å². The lowest BCUT2D eigenvalue weighted by Crippen LogP contribution is -2.36. The van der Waals surface area contributed by atoms with E-state index in [-0.39, 0.29) is 18.4 Å². The van der Waals surface area contributed by atoms with Crippen molar-refractivity contribution in [3.8, 4) is 5.75 Å². The second kappa shape index (κ2) is 9.04. The molecule has 0 saturated carbocycles. The van der Waals surface area contributed by atoms with Gasteiger partial charge in [-0.15, -0.1) is 0 Å². The standard InChI is InChI=1S/C21H33N3O3/c1-16-19(6-4-7-20(16)27-3)21(26)24-13-17(18(14-24)15-25)12-23-9-5-8-22(2)10-11-23/h4,6-7,17-18,25H,5,8-15H2,1-3H3/t17-,18-/m1/s1. The molecule has 6 nitrogen and oxygen atoms in total. The third-order valence-corrected chi connectivity index (χ3v) is 6.14. The Kier molecular flexibility index (Phi) is 6.73. The third-order valence-electron chi connectivity index (χ3n) is 6.14. The highest BCUT2D eigenvalue weighted by molar-refractivity contribution is 5.96. The predicted octanol–water partition coefficient (Wildman–Crippen LogP) is 1.32. The van der Waals surface area contributed by atoms with Crippen molar-refractivity contribution in [3.05, 3.63) is 29.3 Å². The van der Waals surface area contributed by atoms with E-state index in [4.69, 9.17) is 4.74 Å². The van der Waals surface area contributed by atoms with Crippen molar-refractivity contribution in [2.75, 3.05) is 66.6 Å². The maximum Gasteiger partial charge on any atom is 0.254 e. The second-order valence-corrected chi connectivity index (χ2v) is 8.00. The van der Waals surface area contributed by atoms with Crippen LogP contribution < -0.4 is 4.74 Å². The zero-order valence-corrected chi connectivity index (χ0v) is 16.9. The topological polar surface area (TPSA) is 56.2 Å². The zero-order valence-electron chi connectivity index (χ0n) is 16.9. The molecule has 1 amide bonds. The summed E-state index contributed by atoms with van der Waals surface area (Å²) in [5.41, 5.74) is 1.58. The number of carbonyl (C=O) groups is 1. The third kappa shape index (κ3) is 4.62. The van der Waals surface area contributed by atoms with Crippen molar-refractivity contribution in [1.82, 2.24) is 14.7 Å². The van der Waals surface area contributed by atoms with Gasteiger partial charge in [-0.2, -0.15) is 0 Å². The van der Waals surface area contributed by atoms with Gasteiger partial charge in [0.25, 0.3) is 5.91 Å². The number of methoxy groups -OCH3 is 1. The summed E-state index contributed by atoms with van der Waals surface area (Å²) in [5, 5.41) is 9.89. The molecule has 0 radical (unpaired) electrons. The summed E-state index contributed by atoms with van der Waals surface area (Å²) in [4.78, 5) is 19.9. The van der Waals surface area contributed by atoms with Crippen molar-refractivity contribution in [3.63, 3.8) is 0 Å².